The molecule has 0 aromatic heterocycles. The second-order valence-corrected chi connectivity index (χ2v) is 7.34. The van der Waals surface area contributed by atoms with Crippen molar-refractivity contribution in [3.63, 3.8) is 0 Å². The van der Waals surface area contributed by atoms with Gasteiger partial charge < -0.3 is 9.84 Å². The summed E-state index contributed by atoms with van der Waals surface area (Å²) in [6.45, 7) is 6.68. The molecule has 3 atom stereocenters. The third kappa shape index (κ3) is 4.00. The molecule has 1 N–H and O–H groups in total. The van der Waals surface area contributed by atoms with Crippen molar-refractivity contribution < 1.29 is 14.6 Å². The van der Waals surface area contributed by atoms with E-state index in [0.29, 0.717) is 23.5 Å². The highest BCUT2D eigenvalue weighted by Gasteiger charge is 2.33. The van der Waals surface area contributed by atoms with Crippen LogP contribution in [0.3, 0.4) is 0 Å². The summed E-state index contributed by atoms with van der Waals surface area (Å²) in [4.78, 5) is 11.4. The summed E-state index contributed by atoms with van der Waals surface area (Å²) in [5, 5.41) is 9.32. The Morgan fingerprint density at radius 1 is 1.38 bits per heavy atom. The highest BCUT2D eigenvalue weighted by atomic mass is 79.9. The van der Waals surface area contributed by atoms with Gasteiger partial charge in [-0.15, -0.1) is 0 Å². The van der Waals surface area contributed by atoms with E-state index in [0.717, 1.165) is 17.3 Å². The molecule has 4 heteroatoms. The summed E-state index contributed by atoms with van der Waals surface area (Å²) < 4.78 is 7.00. The Kier molecular flexibility index (Phi) is 5.31. The second kappa shape index (κ2) is 6.82. The maximum absolute atomic E-state index is 11.4. The molecule has 0 amide bonds. The zero-order chi connectivity index (χ0) is 15.6. The Labute approximate surface area is 134 Å². The number of carboxylic acids is 1. The molecule has 3 nitrogen and oxygen atoms in total. The van der Waals surface area contributed by atoms with E-state index in [2.05, 4.69) is 36.7 Å². The third-order valence-corrected chi connectivity index (χ3v) is 4.91. The van der Waals surface area contributed by atoms with Crippen LogP contribution in [-0.4, -0.2) is 17.2 Å². The van der Waals surface area contributed by atoms with Crippen molar-refractivity contribution in [2.75, 3.05) is 0 Å². The highest BCUT2D eigenvalue weighted by Crippen LogP contribution is 2.37. The largest absolute Gasteiger partial charge is 0.489 e. The number of hydrogen-bond acceptors (Lipinski definition) is 2. The number of benzene rings is 1. The van der Waals surface area contributed by atoms with E-state index in [-0.39, 0.29) is 11.7 Å². The average molecular weight is 355 g/mol. The molecule has 0 bridgehead atoms. The van der Waals surface area contributed by atoms with Gasteiger partial charge >= 0.3 is 5.97 Å². The molecular weight excluding hydrogens is 332 g/mol. The first-order valence-corrected chi connectivity index (χ1v) is 8.37. The van der Waals surface area contributed by atoms with Gasteiger partial charge in [0.15, 0.2) is 0 Å². The van der Waals surface area contributed by atoms with Crippen molar-refractivity contribution in [3.8, 4) is 5.75 Å². The van der Waals surface area contributed by atoms with Gasteiger partial charge in [0.1, 0.15) is 17.4 Å². The number of carboxylic acid groups (broad SMARTS) is 1. The monoisotopic (exact) mass is 354 g/mol. The lowest BCUT2D eigenvalue weighted by atomic mass is 9.75. The van der Waals surface area contributed by atoms with Crippen LogP contribution in [-0.2, 0) is 0 Å². The van der Waals surface area contributed by atoms with Crippen LogP contribution >= 0.6 is 15.9 Å². The topological polar surface area (TPSA) is 46.5 Å². The number of rotatable bonds is 4. The van der Waals surface area contributed by atoms with Crippen molar-refractivity contribution in [2.24, 2.45) is 17.8 Å². The molecule has 1 aliphatic carbocycles. The van der Waals surface area contributed by atoms with E-state index in [1.807, 2.05) is 0 Å². The molecule has 1 aromatic rings. The van der Waals surface area contributed by atoms with Gasteiger partial charge in [-0.2, -0.15) is 0 Å². The Morgan fingerprint density at radius 3 is 2.71 bits per heavy atom. The van der Waals surface area contributed by atoms with Gasteiger partial charge in [-0.3, -0.25) is 0 Å². The molecule has 0 radical (unpaired) electrons. The smallest absolute Gasteiger partial charge is 0.339 e. The molecule has 116 valence electrons. The van der Waals surface area contributed by atoms with E-state index < -0.39 is 5.97 Å². The van der Waals surface area contributed by atoms with Gasteiger partial charge in [-0.25, -0.2) is 4.79 Å². The number of ether oxygens (including phenoxy) is 1. The summed E-state index contributed by atoms with van der Waals surface area (Å²) in [6, 6.07) is 5.10. The molecule has 3 unspecified atom stereocenters. The van der Waals surface area contributed by atoms with Gasteiger partial charge in [0.25, 0.3) is 0 Å². The summed E-state index contributed by atoms with van der Waals surface area (Å²) >= 11 is 3.39. The lowest BCUT2D eigenvalue weighted by Gasteiger charge is -2.37. The third-order valence-electron chi connectivity index (χ3n) is 4.41. The molecule has 21 heavy (non-hydrogen) atoms. The normalized spacial score (nSPS) is 25.9. The zero-order valence-electron chi connectivity index (χ0n) is 12.8. The van der Waals surface area contributed by atoms with Crippen molar-refractivity contribution in [2.45, 2.75) is 46.1 Å². The van der Waals surface area contributed by atoms with Crippen LogP contribution in [0.4, 0.5) is 0 Å². The first kappa shape index (κ1) is 16.3. The Hall–Kier alpha value is -1.03. The number of halogens is 1. The molecule has 0 saturated heterocycles. The van der Waals surface area contributed by atoms with Crippen LogP contribution in [0.15, 0.2) is 22.7 Å². The maximum Gasteiger partial charge on any atom is 0.339 e. The summed E-state index contributed by atoms with van der Waals surface area (Å²) in [6.07, 6.45) is 3.47. The van der Waals surface area contributed by atoms with Gasteiger partial charge in [0.2, 0.25) is 0 Å². The van der Waals surface area contributed by atoms with Gasteiger partial charge in [-0.1, -0.05) is 43.1 Å². The Bertz CT molecular complexity index is 513. The number of hydrogen-bond donors (Lipinski definition) is 1. The highest BCUT2D eigenvalue weighted by molar-refractivity contribution is 9.10. The number of carbonyl (C=O) groups is 1. The Morgan fingerprint density at radius 2 is 2.10 bits per heavy atom. The maximum atomic E-state index is 11.4. The Balaban J connectivity index is 2.26. The van der Waals surface area contributed by atoms with E-state index in [9.17, 15) is 9.90 Å². The van der Waals surface area contributed by atoms with E-state index in [1.165, 1.54) is 6.42 Å². The van der Waals surface area contributed by atoms with Gasteiger partial charge in [0.05, 0.1) is 0 Å². The van der Waals surface area contributed by atoms with Crippen molar-refractivity contribution >= 4 is 21.9 Å². The summed E-state index contributed by atoms with van der Waals surface area (Å²) in [7, 11) is 0. The van der Waals surface area contributed by atoms with Crippen LogP contribution in [0.1, 0.15) is 50.4 Å². The zero-order valence-corrected chi connectivity index (χ0v) is 14.4. The quantitative estimate of drug-likeness (QED) is 0.828. The minimum Gasteiger partial charge on any atom is -0.489 e. The van der Waals surface area contributed by atoms with Crippen molar-refractivity contribution in [3.05, 3.63) is 28.2 Å². The molecule has 2 rings (SSSR count). The summed E-state index contributed by atoms with van der Waals surface area (Å²) in [5.74, 6) is 1.19. The molecule has 1 saturated carbocycles. The second-order valence-electron chi connectivity index (χ2n) is 6.43. The molecule has 0 spiro atoms. The van der Waals surface area contributed by atoms with Crippen LogP contribution in [0.5, 0.6) is 5.75 Å². The standard InChI is InChI=1S/C17H23BrO3/c1-10(2)13-6-4-11(3)8-15(13)21-16-9-12(18)5-7-14(16)17(19)20/h5,7,9-11,13,15H,4,6,8H2,1-3H3,(H,19,20). The van der Waals surface area contributed by atoms with E-state index >= 15 is 0 Å². The predicted molar refractivity (Wildman–Crippen MR) is 86.9 cm³/mol. The van der Waals surface area contributed by atoms with E-state index in [4.69, 9.17) is 4.74 Å². The first-order valence-electron chi connectivity index (χ1n) is 7.58. The molecule has 1 aromatic carbocycles. The lowest BCUT2D eigenvalue weighted by molar-refractivity contribution is 0.0436. The van der Waals surface area contributed by atoms with Crippen molar-refractivity contribution in [1.29, 1.82) is 0 Å². The SMILES string of the molecule is CC1CCC(C(C)C)C(Oc2cc(Br)ccc2C(=O)O)C1. The fraction of sp³-hybridized carbons (Fsp3) is 0.588. The van der Waals surface area contributed by atoms with Crippen molar-refractivity contribution in [1.82, 2.24) is 0 Å². The van der Waals surface area contributed by atoms with E-state index in [1.54, 1.807) is 18.2 Å². The average Bonchev–Trinajstić information content (AvgIpc) is 2.38. The lowest BCUT2D eigenvalue weighted by Crippen LogP contribution is -2.36. The molecule has 1 aliphatic rings. The number of aromatic carboxylic acids is 1. The predicted octanol–water partition coefficient (Wildman–Crippen LogP) is 4.99. The minimum atomic E-state index is -0.942. The fourth-order valence-electron chi connectivity index (χ4n) is 3.18. The summed E-state index contributed by atoms with van der Waals surface area (Å²) in [5.41, 5.74) is 0.235. The molecule has 0 aliphatic heterocycles. The van der Waals surface area contributed by atoms with Crippen LogP contribution in [0.2, 0.25) is 0 Å². The molecule has 0 heterocycles. The van der Waals surface area contributed by atoms with Gasteiger partial charge in [0, 0.05) is 4.47 Å². The molecular formula is C17H23BrO3. The molecule has 1 fully saturated rings. The van der Waals surface area contributed by atoms with Crippen LogP contribution in [0.25, 0.3) is 0 Å². The van der Waals surface area contributed by atoms with Crippen LogP contribution in [0, 0.1) is 17.8 Å². The minimum absolute atomic E-state index is 0.0983. The fourth-order valence-corrected chi connectivity index (χ4v) is 3.52. The van der Waals surface area contributed by atoms with Gasteiger partial charge in [-0.05, 0) is 48.8 Å². The first-order chi connectivity index (χ1) is 9.88. The van der Waals surface area contributed by atoms with Crippen LogP contribution < -0.4 is 4.74 Å².